The molecule has 0 bridgehead atoms. The van der Waals surface area contributed by atoms with Crippen molar-refractivity contribution in [3.63, 3.8) is 0 Å². The van der Waals surface area contributed by atoms with E-state index in [1.54, 1.807) is 6.07 Å². The van der Waals surface area contributed by atoms with Gasteiger partial charge in [-0.05, 0) is 24.6 Å². The number of rotatable bonds is 3. The molecule has 8 heteroatoms. The highest BCUT2D eigenvalue weighted by Crippen LogP contribution is 2.25. The van der Waals surface area contributed by atoms with E-state index in [-0.39, 0.29) is 24.1 Å². The van der Waals surface area contributed by atoms with Crippen LogP contribution in [0.3, 0.4) is 0 Å². The second-order valence-corrected chi connectivity index (χ2v) is 5.47. The zero-order chi connectivity index (χ0) is 16.7. The van der Waals surface area contributed by atoms with Crippen LogP contribution in [-0.2, 0) is 13.2 Å². The number of aromatic nitrogens is 2. The third-order valence-electron chi connectivity index (χ3n) is 3.87. The van der Waals surface area contributed by atoms with E-state index >= 15 is 0 Å². The first kappa shape index (κ1) is 15.4. The summed E-state index contributed by atoms with van der Waals surface area (Å²) < 4.78 is 46.1. The zero-order valence-corrected chi connectivity index (χ0v) is 12.5. The Hall–Kier alpha value is -2.51. The van der Waals surface area contributed by atoms with Crippen molar-refractivity contribution >= 4 is 5.82 Å². The van der Waals surface area contributed by atoms with Crippen molar-refractivity contribution in [2.75, 3.05) is 11.9 Å². The summed E-state index contributed by atoms with van der Waals surface area (Å²) in [6, 6.07) is 3.42. The first-order valence-corrected chi connectivity index (χ1v) is 6.97. The van der Waals surface area contributed by atoms with E-state index in [4.69, 9.17) is 4.74 Å². The monoisotopic (exact) mass is 325 g/mol. The van der Waals surface area contributed by atoms with E-state index < -0.39 is 23.1 Å². The Morgan fingerprint density at radius 2 is 1.91 bits per heavy atom. The van der Waals surface area contributed by atoms with Gasteiger partial charge in [-0.25, -0.2) is 18.0 Å². The highest BCUT2D eigenvalue weighted by atomic mass is 19.2. The van der Waals surface area contributed by atoms with Gasteiger partial charge >= 0.3 is 5.69 Å². The van der Waals surface area contributed by atoms with Crippen LogP contribution in [0.5, 0.6) is 5.88 Å². The molecule has 1 aliphatic heterocycles. The quantitative estimate of drug-likeness (QED) is 0.811. The largest absolute Gasteiger partial charge is 0.473 e. The number of halogens is 3. The third kappa shape index (κ3) is 2.76. The molecule has 0 amide bonds. The summed E-state index contributed by atoms with van der Waals surface area (Å²) in [7, 11) is 1.84. The second kappa shape index (κ2) is 5.60. The number of fused-ring (bicyclic) bond motifs is 1. The fourth-order valence-electron chi connectivity index (χ4n) is 2.47. The van der Waals surface area contributed by atoms with Gasteiger partial charge in [0.25, 0.3) is 0 Å². The summed E-state index contributed by atoms with van der Waals surface area (Å²) in [6.07, 6.45) is 0. The van der Waals surface area contributed by atoms with Crippen LogP contribution in [0.1, 0.15) is 12.5 Å². The lowest BCUT2D eigenvalue weighted by molar-refractivity contribution is 0.289. The number of likely N-dealkylation sites (N-methyl/N-ethyl adjacent to an activating group) is 1. The van der Waals surface area contributed by atoms with Crippen LogP contribution in [0.4, 0.5) is 19.0 Å². The molecule has 122 valence electrons. The summed E-state index contributed by atoms with van der Waals surface area (Å²) in [5.41, 5.74) is -0.351. The van der Waals surface area contributed by atoms with Crippen LogP contribution in [0.25, 0.3) is 0 Å². The van der Waals surface area contributed by atoms with Gasteiger partial charge in [0.15, 0.2) is 17.5 Å². The lowest BCUT2D eigenvalue weighted by Gasteiger charge is -2.16. The lowest BCUT2D eigenvalue weighted by atomic mass is 10.2. The molecular weight excluding hydrogens is 311 g/mol. The van der Waals surface area contributed by atoms with Crippen LogP contribution in [-0.4, -0.2) is 22.6 Å². The number of nitrogens with zero attached hydrogens (tertiary/aromatic N) is 3. The summed E-state index contributed by atoms with van der Waals surface area (Å²) in [4.78, 5) is 17.7. The number of ether oxygens (including phenoxy) is 1. The standard InChI is InChI=1S/C15H14F3N3O2/c1-8-6-21-13(20(8)2)5-12(19-15(21)22)23-7-9-3-10(16)14(18)11(17)4-9/h3-5,8H,6-7H2,1-2H3. The van der Waals surface area contributed by atoms with E-state index in [9.17, 15) is 18.0 Å². The average molecular weight is 325 g/mol. The smallest absolute Gasteiger partial charge is 0.352 e. The molecule has 0 radical (unpaired) electrons. The van der Waals surface area contributed by atoms with Crippen molar-refractivity contribution in [1.82, 2.24) is 9.55 Å². The topological polar surface area (TPSA) is 47.4 Å². The Labute approximate surface area is 129 Å². The molecule has 1 aromatic carbocycles. The van der Waals surface area contributed by atoms with E-state index in [1.807, 2.05) is 18.9 Å². The van der Waals surface area contributed by atoms with Gasteiger partial charge in [-0.15, -0.1) is 0 Å². The van der Waals surface area contributed by atoms with Crippen molar-refractivity contribution in [3.05, 3.63) is 51.7 Å². The van der Waals surface area contributed by atoms with Gasteiger partial charge in [-0.3, -0.25) is 4.57 Å². The molecule has 1 aliphatic rings. The molecule has 1 aromatic heterocycles. The minimum atomic E-state index is -1.53. The highest BCUT2D eigenvalue weighted by Gasteiger charge is 2.25. The molecule has 2 aromatic rings. The van der Waals surface area contributed by atoms with Gasteiger partial charge in [0.2, 0.25) is 5.88 Å². The van der Waals surface area contributed by atoms with Crippen molar-refractivity contribution in [2.24, 2.45) is 0 Å². The highest BCUT2D eigenvalue weighted by molar-refractivity contribution is 5.45. The lowest BCUT2D eigenvalue weighted by Crippen LogP contribution is -2.23. The predicted octanol–water partition coefficient (Wildman–Crippen LogP) is 2.08. The number of hydrogen-bond donors (Lipinski definition) is 0. The number of benzene rings is 1. The SMILES string of the molecule is CC1Cn2c(cc(OCc3cc(F)c(F)c(F)c3)nc2=O)N1C. The Bertz CT molecular complexity index is 799. The molecule has 1 unspecified atom stereocenters. The van der Waals surface area contributed by atoms with Crippen molar-refractivity contribution in [2.45, 2.75) is 26.1 Å². The number of hydrogen-bond acceptors (Lipinski definition) is 4. The van der Waals surface area contributed by atoms with Gasteiger partial charge in [-0.1, -0.05) is 0 Å². The molecule has 1 atom stereocenters. The molecule has 0 saturated carbocycles. The first-order chi connectivity index (χ1) is 10.9. The second-order valence-electron chi connectivity index (χ2n) is 5.47. The minimum absolute atomic E-state index is 0.0485. The Morgan fingerprint density at radius 3 is 2.57 bits per heavy atom. The van der Waals surface area contributed by atoms with Crippen molar-refractivity contribution in [1.29, 1.82) is 0 Å². The van der Waals surface area contributed by atoms with E-state index in [1.165, 1.54) is 4.57 Å². The van der Waals surface area contributed by atoms with Crippen LogP contribution < -0.4 is 15.3 Å². The van der Waals surface area contributed by atoms with Gasteiger partial charge in [0.05, 0.1) is 0 Å². The van der Waals surface area contributed by atoms with Crippen molar-refractivity contribution < 1.29 is 17.9 Å². The summed E-state index contributed by atoms with van der Waals surface area (Å²) in [6.45, 7) is 2.27. The van der Waals surface area contributed by atoms with E-state index in [2.05, 4.69) is 4.98 Å². The van der Waals surface area contributed by atoms with Crippen LogP contribution >= 0.6 is 0 Å². The fourth-order valence-corrected chi connectivity index (χ4v) is 2.47. The summed E-state index contributed by atoms with van der Waals surface area (Å²) in [5.74, 6) is -3.41. The Kier molecular flexibility index (Phi) is 3.75. The van der Waals surface area contributed by atoms with E-state index in [0.29, 0.717) is 12.4 Å². The summed E-state index contributed by atoms with van der Waals surface area (Å²) in [5, 5.41) is 0. The molecule has 0 spiro atoms. The minimum Gasteiger partial charge on any atom is -0.473 e. The van der Waals surface area contributed by atoms with Gasteiger partial charge < -0.3 is 9.64 Å². The maximum absolute atomic E-state index is 13.2. The first-order valence-electron chi connectivity index (χ1n) is 6.97. The van der Waals surface area contributed by atoms with Gasteiger partial charge in [-0.2, -0.15) is 4.98 Å². The number of anilines is 1. The normalized spacial score (nSPS) is 16.6. The molecule has 0 aliphatic carbocycles. The van der Waals surface area contributed by atoms with Crippen molar-refractivity contribution in [3.8, 4) is 5.88 Å². The molecule has 23 heavy (non-hydrogen) atoms. The van der Waals surface area contributed by atoms with Crippen LogP contribution in [0.2, 0.25) is 0 Å². The zero-order valence-electron chi connectivity index (χ0n) is 12.5. The molecule has 3 rings (SSSR count). The molecule has 2 heterocycles. The van der Waals surface area contributed by atoms with E-state index in [0.717, 1.165) is 12.1 Å². The van der Waals surface area contributed by atoms with Gasteiger partial charge in [0.1, 0.15) is 12.4 Å². The fraction of sp³-hybridized carbons (Fsp3) is 0.333. The summed E-state index contributed by atoms with van der Waals surface area (Å²) >= 11 is 0. The predicted molar refractivity (Wildman–Crippen MR) is 77.0 cm³/mol. The molecular formula is C15H14F3N3O2. The third-order valence-corrected chi connectivity index (χ3v) is 3.87. The Balaban J connectivity index is 1.83. The maximum atomic E-state index is 13.2. The molecule has 0 saturated heterocycles. The average Bonchev–Trinajstić information content (AvgIpc) is 2.79. The van der Waals surface area contributed by atoms with Crippen LogP contribution in [0.15, 0.2) is 23.0 Å². The Morgan fingerprint density at radius 1 is 1.26 bits per heavy atom. The molecule has 0 fully saturated rings. The molecule has 5 nitrogen and oxygen atoms in total. The maximum Gasteiger partial charge on any atom is 0.352 e. The molecule has 0 N–H and O–H groups in total. The van der Waals surface area contributed by atoms with Gasteiger partial charge in [0, 0.05) is 25.7 Å². The van der Waals surface area contributed by atoms with Crippen LogP contribution in [0, 0.1) is 17.5 Å².